The normalized spacial score (nSPS) is 15.5. The van der Waals surface area contributed by atoms with E-state index in [0.29, 0.717) is 5.95 Å². The first-order chi connectivity index (χ1) is 13.1. The summed E-state index contributed by atoms with van der Waals surface area (Å²) in [5, 5.41) is 3.20. The molecule has 1 aliphatic rings. The van der Waals surface area contributed by atoms with Crippen LogP contribution in [0.15, 0.2) is 54.6 Å². The molecule has 2 aromatic carbocycles. The molecule has 1 aliphatic heterocycles. The Morgan fingerprint density at radius 2 is 1.86 bits per heavy atom. The Kier molecular flexibility index (Phi) is 6.15. The summed E-state index contributed by atoms with van der Waals surface area (Å²) < 4.78 is 13.1. The van der Waals surface area contributed by atoms with Crippen LogP contribution in [0.2, 0.25) is 0 Å². The molecule has 1 N–H and O–H groups in total. The molecule has 0 bridgehead atoms. The summed E-state index contributed by atoms with van der Waals surface area (Å²) in [6, 6.07) is 17.2. The van der Waals surface area contributed by atoms with Gasteiger partial charge in [0.2, 0.25) is 5.95 Å². The van der Waals surface area contributed by atoms with Crippen LogP contribution in [0.1, 0.15) is 36.7 Å². The van der Waals surface area contributed by atoms with Gasteiger partial charge in [0, 0.05) is 24.0 Å². The molecule has 0 fully saturated rings. The number of aromatic nitrogens is 2. The summed E-state index contributed by atoms with van der Waals surface area (Å²) in [7, 11) is 0. The van der Waals surface area contributed by atoms with Crippen molar-refractivity contribution in [2.45, 2.75) is 32.7 Å². The van der Waals surface area contributed by atoms with Gasteiger partial charge in [-0.15, -0.1) is 12.4 Å². The highest BCUT2D eigenvalue weighted by molar-refractivity contribution is 5.85. The molecule has 1 unspecified atom stereocenters. The molecule has 4 nitrogen and oxygen atoms in total. The van der Waals surface area contributed by atoms with Crippen molar-refractivity contribution in [2.75, 3.05) is 16.8 Å². The quantitative estimate of drug-likeness (QED) is 0.632. The van der Waals surface area contributed by atoms with Crippen LogP contribution in [-0.2, 0) is 12.8 Å². The fraction of sp³-hybridized carbons (Fsp3) is 0.273. The third kappa shape index (κ3) is 4.09. The van der Waals surface area contributed by atoms with E-state index >= 15 is 0 Å². The zero-order valence-electron chi connectivity index (χ0n) is 16.0. The number of hydrogen-bond donors (Lipinski definition) is 1. The molecule has 6 heteroatoms. The molecular weight excluding hydrogens is 375 g/mol. The van der Waals surface area contributed by atoms with E-state index in [4.69, 9.17) is 4.98 Å². The molecule has 1 atom stereocenters. The van der Waals surface area contributed by atoms with Crippen molar-refractivity contribution in [2.24, 2.45) is 0 Å². The highest BCUT2D eigenvalue weighted by Gasteiger charge is 2.25. The van der Waals surface area contributed by atoms with Crippen molar-refractivity contribution in [1.82, 2.24) is 9.97 Å². The van der Waals surface area contributed by atoms with Crippen LogP contribution in [0.25, 0.3) is 0 Å². The van der Waals surface area contributed by atoms with Gasteiger partial charge in [-0.1, -0.05) is 31.2 Å². The molecule has 146 valence electrons. The molecule has 0 aliphatic carbocycles. The summed E-state index contributed by atoms with van der Waals surface area (Å²) in [5.74, 6) is 1.21. The van der Waals surface area contributed by atoms with E-state index in [9.17, 15) is 4.39 Å². The number of fused-ring (bicyclic) bond motifs is 1. The van der Waals surface area contributed by atoms with Crippen LogP contribution in [0.3, 0.4) is 0 Å². The van der Waals surface area contributed by atoms with E-state index in [1.807, 2.05) is 0 Å². The highest BCUT2D eigenvalue weighted by Crippen LogP contribution is 2.33. The van der Waals surface area contributed by atoms with E-state index in [2.05, 4.69) is 59.4 Å². The zero-order valence-corrected chi connectivity index (χ0v) is 16.8. The lowest BCUT2D eigenvalue weighted by Gasteiger charge is -2.36. The lowest BCUT2D eigenvalue weighted by atomic mass is 9.93. The average Bonchev–Trinajstić information content (AvgIpc) is 2.70. The van der Waals surface area contributed by atoms with Gasteiger partial charge in [-0.05, 0) is 55.2 Å². The number of hydrogen-bond acceptors (Lipinski definition) is 4. The summed E-state index contributed by atoms with van der Waals surface area (Å²) >= 11 is 0. The first-order valence-electron chi connectivity index (χ1n) is 9.39. The van der Waals surface area contributed by atoms with E-state index in [1.54, 1.807) is 12.1 Å². The highest BCUT2D eigenvalue weighted by atomic mass is 35.5. The van der Waals surface area contributed by atoms with Gasteiger partial charge >= 0.3 is 0 Å². The fourth-order valence-corrected chi connectivity index (χ4v) is 3.61. The van der Waals surface area contributed by atoms with Crippen LogP contribution in [-0.4, -0.2) is 16.5 Å². The maximum Gasteiger partial charge on any atom is 0.229 e. The van der Waals surface area contributed by atoms with Gasteiger partial charge in [0.25, 0.3) is 0 Å². The number of nitrogens with one attached hydrogen (secondary N) is 1. The van der Waals surface area contributed by atoms with Crippen molar-refractivity contribution in [3.8, 4) is 0 Å². The maximum absolute atomic E-state index is 13.1. The van der Waals surface area contributed by atoms with E-state index < -0.39 is 0 Å². The van der Waals surface area contributed by atoms with Crippen LogP contribution in [0, 0.1) is 5.82 Å². The minimum absolute atomic E-state index is 0. The molecule has 0 amide bonds. The van der Waals surface area contributed by atoms with Crippen molar-refractivity contribution in [1.29, 1.82) is 0 Å². The number of halogens is 2. The molecule has 1 aromatic heterocycles. The van der Waals surface area contributed by atoms with Gasteiger partial charge in [-0.25, -0.2) is 9.37 Å². The number of benzene rings is 2. The minimum atomic E-state index is -0.259. The molecule has 0 radical (unpaired) electrons. The second-order valence-corrected chi connectivity index (χ2v) is 6.84. The van der Waals surface area contributed by atoms with Crippen molar-refractivity contribution >= 4 is 29.9 Å². The fourth-order valence-electron chi connectivity index (χ4n) is 3.61. The monoisotopic (exact) mass is 398 g/mol. The van der Waals surface area contributed by atoms with Crippen molar-refractivity contribution < 1.29 is 4.39 Å². The molecule has 2 heterocycles. The van der Waals surface area contributed by atoms with Gasteiger partial charge in [-0.2, -0.15) is 4.98 Å². The molecule has 4 rings (SSSR count). The lowest BCUT2D eigenvalue weighted by molar-refractivity contribution is 0.616. The Bertz CT molecular complexity index is 946. The first kappa shape index (κ1) is 20.1. The largest absolute Gasteiger partial charge is 0.349 e. The predicted octanol–water partition coefficient (Wildman–Crippen LogP) is 5.47. The van der Waals surface area contributed by atoms with Crippen LogP contribution < -0.4 is 10.2 Å². The Morgan fingerprint density at radius 1 is 1.11 bits per heavy atom. The van der Waals surface area contributed by atoms with E-state index in [-0.39, 0.29) is 24.3 Å². The van der Waals surface area contributed by atoms with E-state index in [1.165, 1.54) is 23.3 Å². The summed E-state index contributed by atoms with van der Waals surface area (Å²) in [6.45, 7) is 5.23. The summed E-state index contributed by atoms with van der Waals surface area (Å²) in [6.07, 6.45) is 1.83. The van der Waals surface area contributed by atoms with Gasteiger partial charge in [-0.3, -0.25) is 0 Å². The van der Waals surface area contributed by atoms with Gasteiger partial charge < -0.3 is 10.2 Å². The Hall–Kier alpha value is -2.66. The SMILES string of the molecule is CCc1cc(N2CCc3ccccc3C2C)nc(Nc2ccc(F)cc2)n1.Cl. The topological polar surface area (TPSA) is 41.1 Å². The molecule has 0 spiro atoms. The maximum atomic E-state index is 13.1. The minimum Gasteiger partial charge on any atom is -0.349 e. The Labute approximate surface area is 171 Å². The predicted molar refractivity (Wildman–Crippen MR) is 114 cm³/mol. The Morgan fingerprint density at radius 3 is 2.61 bits per heavy atom. The second kappa shape index (κ2) is 8.57. The van der Waals surface area contributed by atoms with E-state index in [0.717, 1.165) is 36.6 Å². The molecule has 0 saturated carbocycles. The second-order valence-electron chi connectivity index (χ2n) is 6.84. The molecule has 0 saturated heterocycles. The first-order valence-corrected chi connectivity index (χ1v) is 9.39. The molecule has 3 aromatic rings. The number of aryl methyl sites for hydroxylation is 1. The smallest absolute Gasteiger partial charge is 0.229 e. The molecular formula is C22H24ClFN4. The lowest BCUT2D eigenvalue weighted by Crippen LogP contribution is -2.34. The summed E-state index contributed by atoms with van der Waals surface area (Å²) in [4.78, 5) is 11.7. The number of rotatable bonds is 4. The average molecular weight is 399 g/mol. The number of nitrogens with zero attached hydrogens (tertiary/aromatic N) is 3. The van der Waals surface area contributed by atoms with Crippen LogP contribution >= 0.6 is 12.4 Å². The van der Waals surface area contributed by atoms with Crippen molar-refractivity contribution in [3.63, 3.8) is 0 Å². The van der Waals surface area contributed by atoms with Gasteiger partial charge in [0.15, 0.2) is 0 Å². The van der Waals surface area contributed by atoms with Gasteiger partial charge in [0.05, 0.1) is 6.04 Å². The standard InChI is InChI=1S/C22H23FN4.ClH/c1-3-18-14-21(26-22(24-18)25-19-10-8-17(23)9-11-19)27-13-12-16-6-4-5-7-20(16)15(27)2;/h4-11,14-15H,3,12-13H2,1-2H3,(H,24,25,26);1H. The third-order valence-corrected chi connectivity index (χ3v) is 5.12. The third-order valence-electron chi connectivity index (χ3n) is 5.12. The van der Waals surface area contributed by atoms with Crippen LogP contribution in [0.5, 0.6) is 0 Å². The van der Waals surface area contributed by atoms with Gasteiger partial charge in [0.1, 0.15) is 11.6 Å². The summed E-state index contributed by atoms with van der Waals surface area (Å²) in [5.41, 5.74) is 4.52. The zero-order chi connectivity index (χ0) is 18.8. The van der Waals surface area contributed by atoms with Crippen molar-refractivity contribution in [3.05, 3.63) is 77.2 Å². The Balaban J connectivity index is 0.00000225. The van der Waals surface area contributed by atoms with Crippen LogP contribution in [0.4, 0.5) is 21.8 Å². The molecule has 28 heavy (non-hydrogen) atoms. The number of anilines is 3.